The summed E-state index contributed by atoms with van der Waals surface area (Å²) in [4.78, 5) is 141. The molecular weight excluding hydrogens is 851 g/mol. The minimum absolute atomic E-state index is 0.0225. The number of carbonyl (C=O) groups is 11. The number of aliphatic hydroxyl groups excluding tert-OH is 1. The fourth-order valence-electron chi connectivity index (χ4n) is 5.45. The van der Waals surface area contributed by atoms with Crippen molar-refractivity contribution in [3.8, 4) is 0 Å². The highest BCUT2D eigenvalue weighted by Crippen LogP contribution is 2.23. The monoisotopic (exact) mass is 907 g/mol. The molecule has 0 bridgehead atoms. The summed E-state index contributed by atoms with van der Waals surface area (Å²) in [5.74, 6) is -14.1. The molecule has 0 unspecified atom stereocenters. The first-order valence-corrected chi connectivity index (χ1v) is 21.7. The Kier molecular flexibility index (Phi) is 23.7. The number of carbonyl (C=O) groups excluding carboxylic acids is 8. The van der Waals surface area contributed by atoms with Crippen LogP contribution in [0.15, 0.2) is 0 Å². The van der Waals surface area contributed by atoms with Gasteiger partial charge in [0.05, 0.1) is 19.1 Å². The Balaban J connectivity index is 3.77. The van der Waals surface area contributed by atoms with E-state index < -0.39 is 158 Å². The Morgan fingerprint density at radius 1 is 0.639 bits per heavy atom. The highest BCUT2D eigenvalue weighted by Gasteiger charge is 2.36. The molecule has 24 nitrogen and oxygen atoms in total. The Morgan fingerprint density at radius 3 is 1.54 bits per heavy atom. The minimum atomic E-state index is -1.81. The molecule has 1 aliphatic rings. The molecule has 61 heavy (non-hydrogen) atoms. The van der Waals surface area contributed by atoms with Gasteiger partial charge in [-0.3, -0.25) is 47.9 Å². The maximum Gasteiger partial charge on any atom is 0.327 e. The summed E-state index contributed by atoms with van der Waals surface area (Å²) in [6.07, 6.45) is -3.24. The summed E-state index contributed by atoms with van der Waals surface area (Å²) < 4.78 is 0. The fourth-order valence-corrected chi connectivity index (χ4v) is 7.73. The first kappa shape index (κ1) is 53.8. The van der Waals surface area contributed by atoms with Crippen LogP contribution in [-0.4, -0.2) is 152 Å². The third-order valence-corrected chi connectivity index (χ3v) is 11.5. The zero-order valence-electron chi connectivity index (χ0n) is 34.1. The van der Waals surface area contributed by atoms with Gasteiger partial charge < -0.3 is 69.1 Å². The van der Waals surface area contributed by atoms with Crippen molar-refractivity contribution in [1.29, 1.82) is 0 Å². The van der Waals surface area contributed by atoms with Gasteiger partial charge in [0.25, 0.3) is 0 Å². The molecule has 26 heteroatoms. The quantitative estimate of drug-likeness (QED) is 0.0736. The van der Waals surface area contributed by atoms with Crippen molar-refractivity contribution in [2.45, 2.75) is 121 Å². The molecular formula is C35H57N9O15S2. The van der Waals surface area contributed by atoms with Crippen LogP contribution in [0.1, 0.15) is 72.6 Å². The number of nitrogens with one attached hydrogen (secondary N) is 7. The highest BCUT2D eigenvalue weighted by atomic mass is 33.1. The van der Waals surface area contributed by atoms with Crippen LogP contribution in [0.25, 0.3) is 0 Å². The van der Waals surface area contributed by atoms with Crippen LogP contribution in [-0.2, 0) is 52.7 Å². The molecule has 0 aliphatic carbocycles. The number of nitrogens with two attached hydrogens (primary N) is 2. The van der Waals surface area contributed by atoms with Crippen molar-refractivity contribution in [2.24, 2.45) is 23.3 Å². The number of hydrogen-bond acceptors (Lipinski definition) is 15. The zero-order valence-corrected chi connectivity index (χ0v) is 35.7. The molecule has 9 atom stereocenters. The minimum Gasteiger partial charge on any atom is -0.481 e. The van der Waals surface area contributed by atoms with E-state index in [-0.39, 0.29) is 23.8 Å². The number of rotatable bonds is 14. The molecule has 0 aromatic heterocycles. The molecule has 1 heterocycles. The van der Waals surface area contributed by atoms with Crippen molar-refractivity contribution in [3.05, 3.63) is 0 Å². The largest absolute Gasteiger partial charge is 0.481 e. The maximum atomic E-state index is 13.7. The Bertz CT molecular complexity index is 1620. The smallest absolute Gasteiger partial charge is 0.327 e. The summed E-state index contributed by atoms with van der Waals surface area (Å²) >= 11 is 0. The van der Waals surface area contributed by atoms with E-state index in [0.29, 0.717) is 6.42 Å². The number of amides is 8. The van der Waals surface area contributed by atoms with Crippen LogP contribution in [0.2, 0.25) is 0 Å². The standard InChI is InChI=1S/C35H57N9O15S2/c1-5-16(4)27-34(57)43-23(35(58)59)14-61-60-13-17(36)28(51)40-21(11-24(37)46)31(54)39-18(6-8-25(47)48)29(52)38-19(7-9-26(49)50)30(53)42-22(12-45)33(56)41-20(10-15(2)3)32(55)44-27/h15-23,27,45H,5-14,36H2,1-4H3,(H2,37,46)(H,38,52)(H,39,54)(H,40,51)(H,41,56)(H,42,53)(H,43,57)(H,44,55)(H,47,48)(H,49,50)(H,58,59)/t16-,17-,18-,19-,20-,21-,22-,23+,27-/m0/s1. The fraction of sp³-hybridized carbons (Fsp3) is 0.686. The van der Waals surface area contributed by atoms with Gasteiger partial charge in [-0.25, -0.2) is 4.79 Å². The Labute approximate surface area is 358 Å². The summed E-state index contributed by atoms with van der Waals surface area (Å²) in [7, 11) is 1.83. The summed E-state index contributed by atoms with van der Waals surface area (Å²) in [6, 6.07) is -12.7. The van der Waals surface area contributed by atoms with Gasteiger partial charge in [0, 0.05) is 24.3 Å². The average molecular weight is 908 g/mol. The Morgan fingerprint density at radius 2 is 1.08 bits per heavy atom. The van der Waals surface area contributed by atoms with Crippen LogP contribution >= 0.6 is 21.6 Å². The van der Waals surface area contributed by atoms with E-state index >= 15 is 0 Å². The van der Waals surface area contributed by atoms with E-state index in [1.54, 1.807) is 27.7 Å². The lowest BCUT2D eigenvalue weighted by atomic mass is 9.96. The number of aliphatic carboxylic acids is 3. The molecule has 0 aromatic carbocycles. The van der Waals surface area contributed by atoms with Crippen LogP contribution in [0, 0.1) is 11.8 Å². The zero-order chi connectivity index (χ0) is 46.6. The van der Waals surface area contributed by atoms with E-state index in [0.717, 1.165) is 21.6 Å². The van der Waals surface area contributed by atoms with Gasteiger partial charge in [0.1, 0.15) is 42.3 Å². The van der Waals surface area contributed by atoms with Gasteiger partial charge in [-0.1, -0.05) is 55.7 Å². The van der Waals surface area contributed by atoms with Gasteiger partial charge >= 0.3 is 17.9 Å². The van der Waals surface area contributed by atoms with Crippen LogP contribution < -0.4 is 48.7 Å². The van der Waals surface area contributed by atoms with Crippen LogP contribution in [0.5, 0.6) is 0 Å². The topological polar surface area (TPSA) is 405 Å². The molecule has 0 spiro atoms. The second kappa shape index (κ2) is 26.9. The van der Waals surface area contributed by atoms with Gasteiger partial charge in [-0.05, 0) is 31.1 Å². The lowest BCUT2D eigenvalue weighted by Crippen LogP contribution is -2.61. The second-order valence-electron chi connectivity index (χ2n) is 14.6. The number of primary amides is 1. The van der Waals surface area contributed by atoms with Crippen LogP contribution in [0.3, 0.4) is 0 Å². The molecule has 1 aliphatic heterocycles. The maximum absolute atomic E-state index is 13.7. The molecule has 1 saturated heterocycles. The van der Waals surface area contributed by atoms with E-state index in [9.17, 15) is 73.2 Å². The lowest BCUT2D eigenvalue weighted by molar-refractivity contribution is -0.142. The van der Waals surface area contributed by atoms with Crippen molar-refractivity contribution in [1.82, 2.24) is 37.2 Å². The lowest BCUT2D eigenvalue weighted by Gasteiger charge is -2.29. The molecule has 0 aromatic rings. The van der Waals surface area contributed by atoms with Gasteiger partial charge in [-0.2, -0.15) is 0 Å². The second-order valence-corrected chi connectivity index (χ2v) is 17.2. The number of carboxylic acid groups (broad SMARTS) is 3. The van der Waals surface area contributed by atoms with E-state index in [4.69, 9.17) is 11.5 Å². The molecule has 8 amide bonds. The van der Waals surface area contributed by atoms with Gasteiger partial charge in [0.2, 0.25) is 47.3 Å². The molecule has 344 valence electrons. The van der Waals surface area contributed by atoms with Gasteiger partial charge in [0.15, 0.2) is 0 Å². The SMILES string of the molecule is CC[C@H](C)[C@@H]1NC(=O)[C@H](CC(C)C)NC(=O)[C@H](CO)NC(=O)[C@H](CCC(=O)O)NC(=O)[C@H](CCC(=O)O)NC(=O)[C@H](CC(N)=O)NC(=O)[C@@H](N)CSSC[C@H](C(=O)O)NC1=O. The number of aliphatic hydroxyl groups is 1. The molecule has 1 rings (SSSR count). The first-order valence-electron chi connectivity index (χ1n) is 19.2. The Hall–Kier alpha value is -5.21. The van der Waals surface area contributed by atoms with Gasteiger partial charge in [-0.15, -0.1) is 0 Å². The summed E-state index contributed by atoms with van der Waals surface area (Å²) in [5, 5.41) is 54.9. The predicted octanol–water partition coefficient (Wildman–Crippen LogP) is -4.12. The predicted molar refractivity (Wildman–Crippen MR) is 218 cm³/mol. The number of hydrogen-bond donors (Lipinski definition) is 13. The van der Waals surface area contributed by atoms with E-state index in [1.807, 2.05) is 0 Å². The molecule has 0 radical (unpaired) electrons. The molecule has 0 saturated carbocycles. The summed E-state index contributed by atoms with van der Waals surface area (Å²) in [5.41, 5.74) is 11.3. The summed E-state index contributed by atoms with van der Waals surface area (Å²) in [6.45, 7) is 5.69. The van der Waals surface area contributed by atoms with Crippen molar-refractivity contribution < 1.29 is 73.2 Å². The third-order valence-electron chi connectivity index (χ3n) is 9.06. The first-order chi connectivity index (χ1) is 28.5. The molecule has 1 fully saturated rings. The van der Waals surface area contributed by atoms with Crippen molar-refractivity contribution in [2.75, 3.05) is 18.1 Å². The van der Waals surface area contributed by atoms with Crippen LogP contribution in [0.4, 0.5) is 0 Å². The average Bonchev–Trinajstić information content (AvgIpc) is 3.17. The normalized spacial score (nSPS) is 26.6. The molecule has 15 N–H and O–H groups in total. The highest BCUT2D eigenvalue weighted by molar-refractivity contribution is 8.76. The van der Waals surface area contributed by atoms with E-state index in [1.165, 1.54) is 0 Å². The third kappa shape index (κ3) is 19.8. The van der Waals surface area contributed by atoms with E-state index in [2.05, 4.69) is 37.2 Å². The van der Waals surface area contributed by atoms with Crippen molar-refractivity contribution in [3.63, 3.8) is 0 Å². The number of carboxylic acids is 3. The van der Waals surface area contributed by atoms with Crippen molar-refractivity contribution >= 4 is 86.8 Å².